The zero-order valence-electron chi connectivity index (χ0n) is 9.75. The molecule has 8 nitrogen and oxygen atoms in total. The number of imidazole rings is 1. The van der Waals surface area contributed by atoms with Crippen LogP contribution in [0, 0.1) is 0 Å². The van der Waals surface area contributed by atoms with Crippen molar-refractivity contribution in [1.29, 1.82) is 0 Å². The van der Waals surface area contributed by atoms with E-state index in [0.717, 1.165) is 0 Å². The molecule has 0 spiro atoms. The molecule has 0 amide bonds. The fourth-order valence-electron chi connectivity index (χ4n) is 1.34. The van der Waals surface area contributed by atoms with Crippen LogP contribution in [0.2, 0.25) is 0 Å². The molecule has 0 unspecified atom stereocenters. The second kappa shape index (κ2) is 5.27. The number of hydrogen-bond donors (Lipinski definition) is 2. The zero-order valence-corrected chi connectivity index (χ0v) is 10.6. The molecular weight excluding hydrogens is 258 g/mol. The molecule has 0 atom stereocenters. The molecule has 9 heteroatoms. The molecule has 18 heavy (non-hydrogen) atoms. The van der Waals surface area contributed by atoms with Crippen LogP contribution in [0.4, 0.5) is 0 Å². The Morgan fingerprint density at radius 3 is 2.89 bits per heavy atom. The van der Waals surface area contributed by atoms with Gasteiger partial charge in [0.1, 0.15) is 5.82 Å². The number of nitrogens with zero attached hydrogens (tertiary/aromatic N) is 3. The smallest absolute Gasteiger partial charge is 0.257 e. The van der Waals surface area contributed by atoms with Crippen LogP contribution < -0.4 is 4.72 Å². The third kappa shape index (κ3) is 2.93. The molecule has 2 aromatic rings. The van der Waals surface area contributed by atoms with Crippen LogP contribution in [0.15, 0.2) is 22.1 Å². The molecular formula is C9H13N5O3S. The van der Waals surface area contributed by atoms with Crippen molar-refractivity contribution in [3.8, 4) is 0 Å². The van der Waals surface area contributed by atoms with Crippen molar-refractivity contribution in [2.24, 2.45) is 0 Å². The molecule has 2 rings (SSSR count). The highest BCUT2D eigenvalue weighted by Gasteiger charge is 2.16. The third-order valence-corrected chi connectivity index (χ3v) is 3.64. The first kappa shape index (κ1) is 12.7. The Bertz CT molecular complexity index is 590. The summed E-state index contributed by atoms with van der Waals surface area (Å²) in [6.45, 7) is 2.07. The van der Waals surface area contributed by atoms with Gasteiger partial charge in [0, 0.05) is 19.4 Å². The second-order valence-corrected chi connectivity index (χ2v) is 5.27. The van der Waals surface area contributed by atoms with Gasteiger partial charge in [-0.05, 0) is 0 Å². The fourth-order valence-corrected chi connectivity index (χ4v) is 2.31. The molecule has 0 aliphatic heterocycles. The lowest BCUT2D eigenvalue weighted by Crippen LogP contribution is -2.26. The van der Waals surface area contributed by atoms with Gasteiger partial charge < -0.3 is 9.51 Å². The van der Waals surface area contributed by atoms with Crippen molar-refractivity contribution in [2.45, 2.75) is 24.8 Å². The van der Waals surface area contributed by atoms with E-state index in [1.54, 1.807) is 0 Å². The summed E-state index contributed by atoms with van der Waals surface area (Å²) >= 11 is 0. The lowest BCUT2D eigenvalue weighted by atomic mass is 10.4. The topological polar surface area (TPSA) is 114 Å². The Hall–Kier alpha value is -1.74. The lowest BCUT2D eigenvalue weighted by molar-refractivity contribution is 0.377. The summed E-state index contributed by atoms with van der Waals surface area (Å²) in [5.74, 6) is 1.02. The number of aromatic nitrogens is 4. The maximum Gasteiger partial charge on any atom is 0.257 e. The van der Waals surface area contributed by atoms with Crippen LogP contribution in [0.5, 0.6) is 0 Å². The van der Waals surface area contributed by atoms with Crippen LogP contribution in [-0.2, 0) is 22.9 Å². The highest BCUT2D eigenvalue weighted by Crippen LogP contribution is 2.05. The van der Waals surface area contributed by atoms with Crippen LogP contribution >= 0.6 is 0 Å². The highest BCUT2D eigenvalue weighted by atomic mass is 32.2. The van der Waals surface area contributed by atoms with E-state index in [1.165, 1.54) is 12.5 Å². The molecule has 0 aromatic carbocycles. The fraction of sp³-hybridized carbons (Fsp3) is 0.444. The average molecular weight is 271 g/mol. The second-order valence-electron chi connectivity index (χ2n) is 3.53. The van der Waals surface area contributed by atoms with Gasteiger partial charge >= 0.3 is 0 Å². The number of rotatable bonds is 6. The van der Waals surface area contributed by atoms with Crippen molar-refractivity contribution in [2.75, 3.05) is 6.54 Å². The van der Waals surface area contributed by atoms with Gasteiger partial charge in [-0.3, -0.25) is 0 Å². The summed E-state index contributed by atoms with van der Waals surface area (Å²) in [6.07, 6.45) is 3.56. The Morgan fingerprint density at radius 2 is 2.28 bits per heavy atom. The first-order valence-corrected chi connectivity index (χ1v) is 6.89. The molecule has 2 N–H and O–H groups in total. The van der Waals surface area contributed by atoms with E-state index in [0.29, 0.717) is 24.6 Å². The van der Waals surface area contributed by atoms with Crippen LogP contribution in [0.1, 0.15) is 18.6 Å². The van der Waals surface area contributed by atoms with Crippen molar-refractivity contribution in [3.05, 3.63) is 24.2 Å². The van der Waals surface area contributed by atoms with Gasteiger partial charge in [0.2, 0.25) is 5.89 Å². The van der Waals surface area contributed by atoms with Crippen molar-refractivity contribution in [1.82, 2.24) is 24.8 Å². The SMILES string of the molecule is CCc1ncc(S(=O)(=O)NCCc2ncno2)[nH]1. The van der Waals surface area contributed by atoms with E-state index in [4.69, 9.17) is 4.52 Å². The van der Waals surface area contributed by atoms with E-state index < -0.39 is 10.0 Å². The number of hydrogen-bond acceptors (Lipinski definition) is 6. The molecule has 0 saturated heterocycles. The van der Waals surface area contributed by atoms with Gasteiger partial charge in [-0.2, -0.15) is 4.98 Å². The quantitative estimate of drug-likeness (QED) is 0.757. The Balaban J connectivity index is 1.95. The van der Waals surface area contributed by atoms with Gasteiger partial charge in [0.25, 0.3) is 10.0 Å². The molecule has 0 aliphatic carbocycles. The van der Waals surface area contributed by atoms with E-state index in [-0.39, 0.29) is 11.6 Å². The molecule has 0 saturated carbocycles. The standard InChI is InChI=1S/C9H13N5O3S/c1-2-7-10-5-9(14-7)18(15,16)13-4-3-8-11-6-12-17-8/h5-6,13H,2-4H2,1H3,(H,10,14). The largest absolute Gasteiger partial charge is 0.340 e. The summed E-state index contributed by atoms with van der Waals surface area (Å²) in [5, 5.41) is 3.49. The van der Waals surface area contributed by atoms with E-state index in [1.807, 2.05) is 6.92 Å². The molecule has 0 aliphatic rings. The molecule has 2 aromatic heterocycles. The van der Waals surface area contributed by atoms with Crippen LogP contribution in [0.3, 0.4) is 0 Å². The number of H-pyrrole nitrogens is 1. The van der Waals surface area contributed by atoms with Gasteiger partial charge in [-0.1, -0.05) is 12.1 Å². The summed E-state index contributed by atoms with van der Waals surface area (Å²) in [7, 11) is -3.56. The van der Waals surface area contributed by atoms with E-state index in [9.17, 15) is 8.42 Å². The van der Waals surface area contributed by atoms with E-state index in [2.05, 4.69) is 24.8 Å². The van der Waals surface area contributed by atoms with E-state index >= 15 is 0 Å². The van der Waals surface area contributed by atoms with Gasteiger partial charge in [0.15, 0.2) is 11.4 Å². The Morgan fingerprint density at radius 1 is 1.44 bits per heavy atom. The number of aromatic amines is 1. The minimum atomic E-state index is -3.56. The van der Waals surface area contributed by atoms with Crippen molar-refractivity contribution >= 4 is 10.0 Å². The molecule has 2 heterocycles. The molecule has 0 fully saturated rings. The average Bonchev–Trinajstić information content (AvgIpc) is 2.99. The minimum Gasteiger partial charge on any atom is -0.340 e. The number of aryl methyl sites for hydroxylation is 1. The summed E-state index contributed by atoms with van der Waals surface area (Å²) < 4.78 is 30.9. The van der Waals surface area contributed by atoms with Crippen LogP contribution in [0.25, 0.3) is 0 Å². The Labute approximate surface area is 104 Å². The minimum absolute atomic E-state index is 0.0601. The summed E-state index contributed by atoms with van der Waals surface area (Å²) in [5.41, 5.74) is 0. The maximum atomic E-state index is 11.8. The van der Waals surface area contributed by atoms with Crippen molar-refractivity contribution < 1.29 is 12.9 Å². The monoisotopic (exact) mass is 271 g/mol. The highest BCUT2D eigenvalue weighted by molar-refractivity contribution is 7.89. The lowest BCUT2D eigenvalue weighted by Gasteiger charge is -2.02. The summed E-state index contributed by atoms with van der Waals surface area (Å²) in [4.78, 5) is 10.5. The van der Waals surface area contributed by atoms with Gasteiger partial charge in [-0.25, -0.2) is 18.1 Å². The zero-order chi connectivity index (χ0) is 13.0. The summed E-state index contributed by atoms with van der Waals surface area (Å²) in [6, 6.07) is 0. The van der Waals surface area contributed by atoms with Gasteiger partial charge in [0.05, 0.1) is 6.20 Å². The molecule has 0 bridgehead atoms. The number of sulfonamides is 1. The van der Waals surface area contributed by atoms with Gasteiger partial charge in [-0.15, -0.1) is 0 Å². The van der Waals surface area contributed by atoms with Crippen LogP contribution in [-0.4, -0.2) is 35.1 Å². The predicted molar refractivity (Wildman–Crippen MR) is 61.2 cm³/mol. The Kier molecular flexibility index (Phi) is 3.72. The predicted octanol–water partition coefficient (Wildman–Crippen LogP) is -0.124. The number of nitrogens with one attached hydrogen (secondary N) is 2. The molecule has 0 radical (unpaired) electrons. The maximum absolute atomic E-state index is 11.8. The third-order valence-electron chi connectivity index (χ3n) is 2.27. The molecule has 98 valence electrons. The first-order chi connectivity index (χ1) is 8.62. The van der Waals surface area contributed by atoms with Crippen molar-refractivity contribution in [3.63, 3.8) is 0 Å². The first-order valence-electron chi connectivity index (χ1n) is 5.41. The normalized spacial score (nSPS) is 11.8.